The molecule has 1 amide bonds. The van der Waals surface area contributed by atoms with Crippen molar-refractivity contribution in [3.8, 4) is 17.0 Å². The minimum absolute atomic E-state index is 0.118. The average molecular weight is 604 g/mol. The number of carbonyl (C=O) groups excluding carboxylic acids is 1. The van der Waals surface area contributed by atoms with Gasteiger partial charge in [-0.15, -0.1) is 5.10 Å². The van der Waals surface area contributed by atoms with E-state index in [0.717, 1.165) is 6.20 Å². The van der Waals surface area contributed by atoms with Crippen molar-refractivity contribution >= 4 is 23.2 Å². The molecule has 3 atom stereocenters. The van der Waals surface area contributed by atoms with E-state index in [4.69, 9.17) is 21.1 Å². The molecule has 1 saturated heterocycles. The summed E-state index contributed by atoms with van der Waals surface area (Å²) in [7, 11) is 0. The second-order valence-corrected chi connectivity index (χ2v) is 12.0. The van der Waals surface area contributed by atoms with Crippen molar-refractivity contribution in [1.29, 1.82) is 0 Å². The van der Waals surface area contributed by atoms with Gasteiger partial charge in [-0.2, -0.15) is 5.10 Å². The number of alkyl halides is 1. The van der Waals surface area contributed by atoms with E-state index in [1.165, 1.54) is 39.4 Å². The minimum Gasteiger partial charge on any atom is -0.488 e. The molecule has 1 N–H and O–H groups in total. The zero-order valence-electron chi connectivity index (χ0n) is 23.9. The van der Waals surface area contributed by atoms with Crippen LogP contribution in [0.3, 0.4) is 0 Å². The van der Waals surface area contributed by atoms with E-state index in [0.29, 0.717) is 46.2 Å². The molecule has 0 aromatic carbocycles. The molecule has 0 bridgehead atoms. The number of aromatic nitrogens is 6. The summed E-state index contributed by atoms with van der Waals surface area (Å²) in [6.07, 6.45) is 2.58. The maximum atomic E-state index is 15.4. The van der Waals surface area contributed by atoms with Crippen molar-refractivity contribution in [2.24, 2.45) is 0 Å². The third kappa shape index (κ3) is 6.02. The number of ether oxygens (including phenoxy) is 2. The lowest BCUT2D eigenvalue weighted by Gasteiger charge is -2.35. The monoisotopic (exact) mass is 603 g/mol. The van der Waals surface area contributed by atoms with Gasteiger partial charge >= 0.3 is 6.09 Å². The number of nitrogens with zero attached hydrogens (tertiary/aromatic N) is 7. The number of hydrogen-bond donors (Lipinski definition) is 1. The summed E-state index contributed by atoms with van der Waals surface area (Å²) in [6, 6.07) is 3.66. The number of hydrogen-bond acceptors (Lipinski definition) is 8. The number of amides is 1. The topological polar surface area (TPSA) is 120 Å². The van der Waals surface area contributed by atoms with Gasteiger partial charge in [0.2, 0.25) is 0 Å². The van der Waals surface area contributed by atoms with Gasteiger partial charge in [0.05, 0.1) is 41.4 Å². The molecule has 0 saturated carbocycles. The molecular formula is C28H32ClF2N7O4. The number of pyridine rings is 2. The van der Waals surface area contributed by atoms with Gasteiger partial charge in [0.15, 0.2) is 0 Å². The molecule has 14 heteroatoms. The molecule has 1 fully saturated rings. The van der Waals surface area contributed by atoms with E-state index < -0.39 is 35.3 Å². The van der Waals surface area contributed by atoms with Crippen LogP contribution in [0.5, 0.6) is 5.75 Å². The van der Waals surface area contributed by atoms with Gasteiger partial charge < -0.3 is 19.5 Å². The highest BCUT2D eigenvalue weighted by Crippen LogP contribution is 2.35. The fourth-order valence-electron chi connectivity index (χ4n) is 4.86. The van der Waals surface area contributed by atoms with E-state index in [9.17, 15) is 14.3 Å². The van der Waals surface area contributed by atoms with Crippen LogP contribution < -0.4 is 4.74 Å². The maximum Gasteiger partial charge on any atom is 0.410 e. The van der Waals surface area contributed by atoms with Crippen molar-refractivity contribution in [3.05, 3.63) is 59.0 Å². The largest absolute Gasteiger partial charge is 0.488 e. The Morgan fingerprint density at radius 3 is 2.67 bits per heavy atom. The van der Waals surface area contributed by atoms with Crippen LogP contribution in [-0.4, -0.2) is 77.2 Å². The summed E-state index contributed by atoms with van der Waals surface area (Å²) in [4.78, 5) is 17.8. The SMILES string of the molecule is Cc1c(-c2cc(OCC(C)(O)c3ccc(F)cn3)c3c(Cl)cnn3c2)nnn1[C@H]1CCN(C(=O)OC(C)(C)C)CC1F. The predicted molar refractivity (Wildman–Crippen MR) is 150 cm³/mol. The first-order chi connectivity index (χ1) is 19.7. The molecule has 1 aliphatic heterocycles. The fourth-order valence-corrected chi connectivity index (χ4v) is 5.08. The summed E-state index contributed by atoms with van der Waals surface area (Å²) in [5.74, 6) is -0.215. The molecule has 5 rings (SSSR count). The number of rotatable bonds is 6. The zero-order chi connectivity index (χ0) is 30.4. The highest BCUT2D eigenvalue weighted by molar-refractivity contribution is 6.34. The Morgan fingerprint density at radius 1 is 1.24 bits per heavy atom. The summed E-state index contributed by atoms with van der Waals surface area (Å²) in [5, 5.41) is 24.2. The highest BCUT2D eigenvalue weighted by atomic mass is 35.5. The average Bonchev–Trinajstić information content (AvgIpc) is 3.48. The summed E-state index contributed by atoms with van der Waals surface area (Å²) in [6.45, 7) is 8.55. The number of carbonyl (C=O) groups is 1. The van der Waals surface area contributed by atoms with E-state index in [1.54, 1.807) is 40.0 Å². The number of likely N-dealkylation sites (tertiary alicyclic amines) is 1. The van der Waals surface area contributed by atoms with Crippen LogP contribution in [-0.2, 0) is 10.3 Å². The van der Waals surface area contributed by atoms with Gasteiger partial charge in [-0.25, -0.2) is 22.8 Å². The molecule has 42 heavy (non-hydrogen) atoms. The normalized spacial score (nSPS) is 19.1. The van der Waals surface area contributed by atoms with E-state index in [2.05, 4.69) is 20.4 Å². The molecule has 224 valence electrons. The Morgan fingerprint density at radius 2 is 2.00 bits per heavy atom. The van der Waals surface area contributed by atoms with Crippen molar-refractivity contribution in [1.82, 2.24) is 34.5 Å². The van der Waals surface area contributed by atoms with E-state index in [-0.39, 0.29) is 18.8 Å². The van der Waals surface area contributed by atoms with Crippen molar-refractivity contribution in [2.45, 2.75) is 64.5 Å². The second kappa shape index (κ2) is 11.1. The lowest BCUT2D eigenvalue weighted by molar-refractivity contribution is 0.00410. The van der Waals surface area contributed by atoms with Gasteiger partial charge in [-0.3, -0.25) is 4.98 Å². The first kappa shape index (κ1) is 29.6. The fraction of sp³-hybridized carbons (Fsp3) is 0.464. The number of fused-ring (bicyclic) bond motifs is 1. The highest BCUT2D eigenvalue weighted by Gasteiger charge is 2.36. The van der Waals surface area contributed by atoms with Crippen LogP contribution in [0.15, 0.2) is 36.8 Å². The maximum absolute atomic E-state index is 15.4. The quantitative estimate of drug-likeness (QED) is 0.331. The third-order valence-electron chi connectivity index (χ3n) is 6.99. The van der Waals surface area contributed by atoms with Crippen molar-refractivity contribution in [3.63, 3.8) is 0 Å². The van der Waals surface area contributed by atoms with Gasteiger partial charge in [-0.05, 0) is 59.2 Å². The van der Waals surface area contributed by atoms with Gasteiger partial charge in [0.25, 0.3) is 0 Å². The third-order valence-corrected chi connectivity index (χ3v) is 7.27. The first-order valence-corrected chi connectivity index (χ1v) is 13.8. The van der Waals surface area contributed by atoms with Crippen LogP contribution >= 0.6 is 11.6 Å². The van der Waals surface area contributed by atoms with Crippen LogP contribution in [0.1, 0.15) is 51.5 Å². The standard InChI is InChI=1S/C28H32ClF2N7O4/c1-16-24(34-35-38(16)21-8-9-36(14-20(21)31)26(39)42-27(2,3)4)17-10-22(25-19(29)12-33-37(25)13-17)41-15-28(5,40)23-7-6-18(30)11-32-23/h6-7,10-13,20-21,40H,8-9,14-15H2,1-5H3/t20?,21-,28?/m0/s1. The van der Waals surface area contributed by atoms with E-state index in [1.807, 2.05) is 0 Å². The molecule has 2 unspecified atom stereocenters. The Bertz CT molecular complexity index is 1600. The zero-order valence-corrected chi connectivity index (χ0v) is 24.6. The molecule has 0 aliphatic carbocycles. The minimum atomic E-state index is -1.55. The lowest BCUT2D eigenvalue weighted by atomic mass is 10.0. The number of halogens is 3. The van der Waals surface area contributed by atoms with E-state index >= 15 is 4.39 Å². The Hall–Kier alpha value is -3.84. The number of aliphatic hydroxyl groups is 1. The first-order valence-electron chi connectivity index (χ1n) is 13.4. The molecule has 4 aromatic rings. The predicted octanol–water partition coefficient (Wildman–Crippen LogP) is 4.90. The summed E-state index contributed by atoms with van der Waals surface area (Å²) >= 11 is 6.39. The second-order valence-electron chi connectivity index (χ2n) is 11.6. The number of piperidine rings is 1. The van der Waals surface area contributed by atoms with Crippen LogP contribution in [0.4, 0.5) is 13.6 Å². The molecule has 1 aliphatic rings. The Balaban J connectivity index is 1.39. The summed E-state index contributed by atoms with van der Waals surface area (Å²) < 4.78 is 43.2. The smallest absolute Gasteiger partial charge is 0.410 e. The summed E-state index contributed by atoms with van der Waals surface area (Å²) in [5.41, 5.74) is 0.132. The van der Waals surface area contributed by atoms with Gasteiger partial charge in [0.1, 0.15) is 46.8 Å². The molecule has 11 nitrogen and oxygen atoms in total. The van der Waals surface area contributed by atoms with Crippen molar-refractivity contribution < 1.29 is 28.2 Å². The van der Waals surface area contributed by atoms with Gasteiger partial charge in [0, 0.05) is 18.3 Å². The van der Waals surface area contributed by atoms with Gasteiger partial charge in [-0.1, -0.05) is 16.8 Å². The van der Waals surface area contributed by atoms with Crippen LogP contribution in [0.2, 0.25) is 5.02 Å². The molecule has 0 radical (unpaired) electrons. The molecule has 4 aromatic heterocycles. The van der Waals surface area contributed by atoms with Crippen LogP contribution in [0, 0.1) is 12.7 Å². The lowest BCUT2D eigenvalue weighted by Crippen LogP contribution is -2.47. The molecular weight excluding hydrogens is 572 g/mol. The Labute approximate surface area is 246 Å². The van der Waals surface area contributed by atoms with Crippen molar-refractivity contribution in [2.75, 3.05) is 19.7 Å². The molecule has 0 spiro atoms. The Kier molecular flexibility index (Phi) is 7.84. The van der Waals surface area contributed by atoms with Crippen LogP contribution in [0.25, 0.3) is 16.8 Å². The molecule has 5 heterocycles.